The van der Waals surface area contributed by atoms with E-state index >= 15 is 0 Å². The van der Waals surface area contributed by atoms with Gasteiger partial charge in [-0.2, -0.15) is 0 Å². The van der Waals surface area contributed by atoms with Crippen LogP contribution >= 0.6 is 0 Å². The smallest absolute Gasteiger partial charge is 0.223 e. The van der Waals surface area contributed by atoms with Gasteiger partial charge in [-0.3, -0.25) is 4.79 Å². The summed E-state index contributed by atoms with van der Waals surface area (Å²) in [4.78, 5) is 12.1. The highest BCUT2D eigenvalue weighted by molar-refractivity contribution is 5.77. The van der Waals surface area contributed by atoms with Gasteiger partial charge >= 0.3 is 0 Å². The Kier molecular flexibility index (Phi) is 4.78. The third-order valence-electron chi connectivity index (χ3n) is 3.88. The van der Waals surface area contributed by atoms with Gasteiger partial charge in [0.15, 0.2) is 0 Å². The van der Waals surface area contributed by atoms with E-state index in [1.807, 2.05) is 30.3 Å². The molecular formula is C16H23NO3. The highest BCUT2D eigenvalue weighted by atomic mass is 16.3. The van der Waals surface area contributed by atoms with Gasteiger partial charge in [0.05, 0.1) is 12.0 Å². The maximum atomic E-state index is 12.1. The molecular weight excluding hydrogens is 254 g/mol. The van der Waals surface area contributed by atoms with Crippen molar-refractivity contribution in [1.82, 2.24) is 5.32 Å². The molecule has 2 unspecified atom stereocenters. The standard InChI is InChI=1S/C16H23NO3/c1-16(20,13-5-3-2-4-6-13)11-15(19)17-14(9-10-18)12-7-8-12/h2-6,12,14,18,20H,7-11H2,1H3,(H,17,19). The second-order valence-corrected chi connectivity index (χ2v) is 5.84. The third kappa shape index (κ3) is 4.05. The second kappa shape index (κ2) is 6.37. The Hall–Kier alpha value is -1.39. The van der Waals surface area contributed by atoms with Crippen molar-refractivity contribution in [2.45, 2.75) is 44.2 Å². The lowest BCUT2D eigenvalue weighted by molar-refractivity contribution is -0.126. The molecule has 2 atom stereocenters. The monoisotopic (exact) mass is 277 g/mol. The van der Waals surface area contributed by atoms with Crippen molar-refractivity contribution in [2.24, 2.45) is 5.92 Å². The van der Waals surface area contributed by atoms with Crippen LogP contribution in [0.2, 0.25) is 0 Å². The van der Waals surface area contributed by atoms with Gasteiger partial charge in [0, 0.05) is 12.6 Å². The molecule has 1 amide bonds. The molecule has 0 bridgehead atoms. The van der Waals surface area contributed by atoms with Gasteiger partial charge in [0.1, 0.15) is 0 Å². The normalized spacial score (nSPS) is 19.1. The summed E-state index contributed by atoms with van der Waals surface area (Å²) in [5.74, 6) is 0.331. The summed E-state index contributed by atoms with van der Waals surface area (Å²) in [6.45, 7) is 1.73. The molecule has 0 aliphatic heterocycles. The zero-order valence-corrected chi connectivity index (χ0v) is 11.9. The topological polar surface area (TPSA) is 69.6 Å². The van der Waals surface area contributed by atoms with E-state index < -0.39 is 5.60 Å². The molecule has 0 radical (unpaired) electrons. The first kappa shape index (κ1) is 15.0. The van der Waals surface area contributed by atoms with Crippen LogP contribution < -0.4 is 5.32 Å². The van der Waals surface area contributed by atoms with Crippen molar-refractivity contribution in [3.05, 3.63) is 35.9 Å². The van der Waals surface area contributed by atoms with E-state index in [9.17, 15) is 9.90 Å². The Balaban J connectivity index is 1.93. The molecule has 0 saturated heterocycles. The number of carbonyl (C=O) groups excluding carboxylic acids is 1. The van der Waals surface area contributed by atoms with Crippen molar-refractivity contribution in [3.8, 4) is 0 Å². The molecule has 1 saturated carbocycles. The Morgan fingerprint density at radius 3 is 2.60 bits per heavy atom. The van der Waals surface area contributed by atoms with Crippen LogP contribution in [0.3, 0.4) is 0 Å². The lowest BCUT2D eigenvalue weighted by atomic mass is 9.92. The zero-order valence-electron chi connectivity index (χ0n) is 11.9. The van der Waals surface area contributed by atoms with E-state index in [-0.39, 0.29) is 25.0 Å². The van der Waals surface area contributed by atoms with E-state index in [1.54, 1.807) is 6.92 Å². The van der Waals surface area contributed by atoms with Crippen LogP contribution in [0.4, 0.5) is 0 Å². The Labute approximate surface area is 119 Å². The minimum Gasteiger partial charge on any atom is -0.396 e. The summed E-state index contributed by atoms with van der Waals surface area (Å²) in [6.07, 6.45) is 2.84. The summed E-state index contributed by atoms with van der Waals surface area (Å²) in [5.41, 5.74) is -0.432. The Bertz CT molecular complexity index is 440. The number of aliphatic hydroxyl groups excluding tert-OH is 1. The molecule has 0 aromatic heterocycles. The van der Waals surface area contributed by atoms with Gasteiger partial charge in [-0.05, 0) is 37.7 Å². The Morgan fingerprint density at radius 1 is 1.40 bits per heavy atom. The number of carbonyl (C=O) groups is 1. The quantitative estimate of drug-likeness (QED) is 0.708. The van der Waals surface area contributed by atoms with Crippen molar-refractivity contribution in [2.75, 3.05) is 6.61 Å². The first-order valence-corrected chi connectivity index (χ1v) is 7.21. The first-order valence-electron chi connectivity index (χ1n) is 7.21. The van der Waals surface area contributed by atoms with Crippen molar-refractivity contribution in [1.29, 1.82) is 0 Å². The average Bonchev–Trinajstić information content (AvgIpc) is 3.23. The lowest BCUT2D eigenvalue weighted by Crippen LogP contribution is -2.40. The molecule has 1 aromatic carbocycles. The summed E-state index contributed by atoms with van der Waals surface area (Å²) in [5, 5.41) is 22.4. The van der Waals surface area contributed by atoms with E-state index in [4.69, 9.17) is 5.11 Å². The number of benzene rings is 1. The molecule has 0 spiro atoms. The number of nitrogens with one attached hydrogen (secondary N) is 1. The van der Waals surface area contributed by atoms with Crippen LogP contribution in [0.1, 0.15) is 38.2 Å². The molecule has 4 nitrogen and oxygen atoms in total. The minimum absolute atomic E-state index is 0.0334. The summed E-state index contributed by atoms with van der Waals surface area (Å²) >= 11 is 0. The fraction of sp³-hybridized carbons (Fsp3) is 0.562. The average molecular weight is 277 g/mol. The SMILES string of the molecule is CC(O)(CC(=O)NC(CCO)C1CC1)c1ccccc1. The van der Waals surface area contributed by atoms with Crippen LogP contribution in [0.25, 0.3) is 0 Å². The van der Waals surface area contributed by atoms with Gasteiger partial charge in [-0.1, -0.05) is 30.3 Å². The van der Waals surface area contributed by atoms with E-state index in [0.717, 1.165) is 18.4 Å². The fourth-order valence-corrected chi connectivity index (χ4v) is 2.53. The van der Waals surface area contributed by atoms with Gasteiger partial charge in [-0.25, -0.2) is 0 Å². The van der Waals surface area contributed by atoms with E-state index in [2.05, 4.69) is 5.32 Å². The largest absolute Gasteiger partial charge is 0.396 e. The van der Waals surface area contributed by atoms with Crippen LogP contribution in [0.15, 0.2) is 30.3 Å². The highest BCUT2D eigenvalue weighted by Gasteiger charge is 2.33. The summed E-state index contributed by atoms with van der Waals surface area (Å²) < 4.78 is 0. The van der Waals surface area contributed by atoms with Crippen molar-refractivity contribution in [3.63, 3.8) is 0 Å². The highest BCUT2D eigenvalue weighted by Crippen LogP contribution is 2.34. The number of aliphatic hydroxyl groups is 2. The number of rotatable bonds is 7. The van der Waals surface area contributed by atoms with Gasteiger partial charge in [0.2, 0.25) is 5.91 Å². The Morgan fingerprint density at radius 2 is 2.05 bits per heavy atom. The number of amides is 1. The van der Waals surface area contributed by atoms with E-state index in [1.165, 1.54) is 0 Å². The lowest BCUT2D eigenvalue weighted by Gasteiger charge is -2.25. The predicted octanol–water partition coefficient (Wildman–Crippen LogP) is 1.56. The molecule has 2 rings (SSSR count). The molecule has 1 fully saturated rings. The minimum atomic E-state index is -1.17. The molecule has 1 aliphatic carbocycles. The van der Waals surface area contributed by atoms with Gasteiger partial charge < -0.3 is 15.5 Å². The summed E-state index contributed by atoms with van der Waals surface area (Å²) in [7, 11) is 0. The molecule has 20 heavy (non-hydrogen) atoms. The first-order chi connectivity index (χ1) is 9.53. The molecule has 3 N–H and O–H groups in total. The fourth-order valence-electron chi connectivity index (χ4n) is 2.53. The molecule has 110 valence electrons. The van der Waals surface area contributed by atoms with Crippen molar-refractivity contribution >= 4 is 5.91 Å². The molecule has 0 heterocycles. The molecule has 1 aliphatic rings. The van der Waals surface area contributed by atoms with Crippen LogP contribution in [-0.4, -0.2) is 28.8 Å². The number of hydrogen-bond donors (Lipinski definition) is 3. The van der Waals surface area contributed by atoms with Crippen LogP contribution in [-0.2, 0) is 10.4 Å². The summed E-state index contributed by atoms with van der Waals surface area (Å²) in [6, 6.07) is 9.25. The predicted molar refractivity (Wildman–Crippen MR) is 77.0 cm³/mol. The second-order valence-electron chi connectivity index (χ2n) is 5.84. The van der Waals surface area contributed by atoms with Crippen LogP contribution in [0.5, 0.6) is 0 Å². The molecule has 4 heteroatoms. The third-order valence-corrected chi connectivity index (χ3v) is 3.88. The zero-order chi connectivity index (χ0) is 14.6. The van der Waals surface area contributed by atoms with Crippen LogP contribution in [0, 0.1) is 5.92 Å². The maximum Gasteiger partial charge on any atom is 0.223 e. The molecule has 1 aromatic rings. The van der Waals surface area contributed by atoms with Crippen molar-refractivity contribution < 1.29 is 15.0 Å². The van der Waals surface area contributed by atoms with Gasteiger partial charge in [-0.15, -0.1) is 0 Å². The van der Waals surface area contributed by atoms with E-state index in [0.29, 0.717) is 12.3 Å². The maximum absolute atomic E-state index is 12.1. The number of hydrogen-bond acceptors (Lipinski definition) is 3. The van der Waals surface area contributed by atoms with Gasteiger partial charge in [0.25, 0.3) is 0 Å².